The van der Waals surface area contributed by atoms with E-state index in [1.165, 1.54) is 6.26 Å². The molecule has 0 saturated heterocycles. The summed E-state index contributed by atoms with van der Waals surface area (Å²) in [6, 6.07) is 0.603. The first-order valence-electron chi connectivity index (χ1n) is 5.09. The van der Waals surface area contributed by atoms with Gasteiger partial charge in [-0.05, 0) is 13.0 Å². The Morgan fingerprint density at radius 2 is 2.17 bits per heavy atom. The summed E-state index contributed by atoms with van der Waals surface area (Å²) in [6.45, 7) is 1.72. The Bertz CT molecular complexity index is 450. The van der Waals surface area contributed by atoms with Crippen molar-refractivity contribution < 1.29 is 17.4 Å². The molecule has 2 unspecified atom stereocenters. The lowest BCUT2D eigenvalue weighted by Crippen LogP contribution is -2.23. The lowest BCUT2D eigenvalue weighted by Gasteiger charge is -2.16. The molecule has 102 valence electrons. The van der Waals surface area contributed by atoms with Gasteiger partial charge < -0.3 is 11.1 Å². The van der Waals surface area contributed by atoms with Gasteiger partial charge in [-0.15, -0.1) is 0 Å². The molecule has 0 fully saturated rings. The maximum atomic E-state index is 12.5. The van der Waals surface area contributed by atoms with Crippen LogP contribution in [0.5, 0.6) is 0 Å². The zero-order valence-corrected chi connectivity index (χ0v) is 10.7. The number of rotatable bonds is 4. The number of anilines is 2. The molecule has 18 heavy (non-hydrogen) atoms. The average Bonchev–Trinajstić information content (AvgIpc) is 2.18. The minimum atomic E-state index is -4.51. The maximum absolute atomic E-state index is 12.5. The van der Waals surface area contributed by atoms with Crippen molar-refractivity contribution in [2.24, 2.45) is 0 Å². The average molecular weight is 281 g/mol. The molecule has 0 aromatic carbocycles. The van der Waals surface area contributed by atoms with Crippen molar-refractivity contribution in [2.75, 3.05) is 23.1 Å². The summed E-state index contributed by atoms with van der Waals surface area (Å²) in [4.78, 5) is 3.23. The highest BCUT2D eigenvalue weighted by Gasteiger charge is 2.33. The van der Waals surface area contributed by atoms with Crippen molar-refractivity contribution in [3.05, 3.63) is 18.0 Å². The number of alkyl halides is 3. The highest BCUT2D eigenvalue weighted by molar-refractivity contribution is 7.84. The SMILES string of the molecule is CC(CS(C)=O)Nc1cc(C(F)(F)F)ncc1N. The lowest BCUT2D eigenvalue weighted by molar-refractivity contribution is -0.141. The smallest absolute Gasteiger partial charge is 0.396 e. The van der Waals surface area contributed by atoms with Gasteiger partial charge in [0.05, 0.1) is 17.6 Å². The predicted molar refractivity (Wildman–Crippen MR) is 65.7 cm³/mol. The molecule has 1 aromatic heterocycles. The summed E-state index contributed by atoms with van der Waals surface area (Å²) in [7, 11) is -1.04. The van der Waals surface area contributed by atoms with Crippen LogP contribution in [0.25, 0.3) is 0 Å². The second kappa shape index (κ2) is 5.55. The van der Waals surface area contributed by atoms with Crippen LogP contribution in [0.3, 0.4) is 0 Å². The number of hydrogen-bond acceptors (Lipinski definition) is 4. The van der Waals surface area contributed by atoms with Crippen LogP contribution < -0.4 is 11.1 Å². The zero-order valence-electron chi connectivity index (χ0n) is 9.91. The molecule has 1 heterocycles. The van der Waals surface area contributed by atoms with Gasteiger partial charge in [0.25, 0.3) is 0 Å². The summed E-state index contributed by atoms with van der Waals surface area (Å²) in [6.07, 6.45) is -2.03. The molecular weight excluding hydrogens is 267 g/mol. The number of pyridine rings is 1. The van der Waals surface area contributed by atoms with E-state index < -0.39 is 22.7 Å². The van der Waals surface area contributed by atoms with Gasteiger partial charge in [0, 0.05) is 28.9 Å². The summed E-state index contributed by atoms with van der Waals surface area (Å²) in [5.41, 5.74) is 4.80. The van der Waals surface area contributed by atoms with Gasteiger partial charge in [-0.25, -0.2) is 4.98 Å². The van der Waals surface area contributed by atoms with Crippen molar-refractivity contribution >= 4 is 22.2 Å². The van der Waals surface area contributed by atoms with E-state index >= 15 is 0 Å². The van der Waals surface area contributed by atoms with Crippen molar-refractivity contribution in [1.29, 1.82) is 0 Å². The molecule has 0 aliphatic rings. The highest BCUT2D eigenvalue weighted by atomic mass is 32.2. The molecule has 2 atom stereocenters. The molecule has 0 bridgehead atoms. The first kappa shape index (κ1) is 14.7. The Morgan fingerprint density at radius 3 is 2.67 bits per heavy atom. The third kappa shape index (κ3) is 4.17. The number of aromatic nitrogens is 1. The predicted octanol–water partition coefficient (Wildman–Crippen LogP) is 1.86. The third-order valence-electron chi connectivity index (χ3n) is 2.11. The topological polar surface area (TPSA) is 68.0 Å². The Hall–Kier alpha value is -1.31. The maximum Gasteiger partial charge on any atom is 0.433 e. The number of halogens is 3. The molecule has 8 heteroatoms. The van der Waals surface area contributed by atoms with E-state index in [1.54, 1.807) is 6.92 Å². The van der Waals surface area contributed by atoms with E-state index in [-0.39, 0.29) is 17.4 Å². The fourth-order valence-corrected chi connectivity index (χ4v) is 2.19. The fraction of sp³-hybridized carbons (Fsp3) is 0.500. The third-order valence-corrected chi connectivity index (χ3v) is 3.08. The molecule has 0 spiro atoms. The summed E-state index contributed by atoms with van der Waals surface area (Å²) < 4.78 is 48.4. The van der Waals surface area contributed by atoms with Crippen molar-refractivity contribution in [1.82, 2.24) is 4.98 Å². The zero-order chi connectivity index (χ0) is 13.9. The van der Waals surface area contributed by atoms with Gasteiger partial charge >= 0.3 is 6.18 Å². The van der Waals surface area contributed by atoms with Gasteiger partial charge in [-0.2, -0.15) is 13.2 Å². The first-order chi connectivity index (χ1) is 8.20. The van der Waals surface area contributed by atoms with Gasteiger partial charge in [0.15, 0.2) is 0 Å². The van der Waals surface area contributed by atoms with Crippen LogP contribution in [-0.4, -0.2) is 27.2 Å². The standard InChI is InChI=1S/C10H14F3N3OS/c1-6(5-18(2)17)16-8-3-9(10(11,12)13)15-4-7(8)14/h3-4,6H,5,14H2,1-2H3,(H,15,16). The van der Waals surface area contributed by atoms with Gasteiger partial charge in [0.2, 0.25) is 0 Å². The van der Waals surface area contributed by atoms with E-state index in [1.807, 2.05) is 0 Å². The monoisotopic (exact) mass is 281 g/mol. The Labute approximate surface area is 105 Å². The minimum Gasteiger partial charge on any atom is -0.396 e. The van der Waals surface area contributed by atoms with E-state index in [4.69, 9.17) is 5.73 Å². The Balaban J connectivity index is 2.91. The molecule has 4 nitrogen and oxygen atoms in total. The quantitative estimate of drug-likeness (QED) is 0.884. The van der Waals surface area contributed by atoms with Gasteiger partial charge in [0.1, 0.15) is 5.69 Å². The Morgan fingerprint density at radius 1 is 1.56 bits per heavy atom. The molecule has 1 aromatic rings. The van der Waals surface area contributed by atoms with Gasteiger partial charge in [-0.3, -0.25) is 4.21 Å². The van der Waals surface area contributed by atoms with Gasteiger partial charge in [-0.1, -0.05) is 0 Å². The second-order valence-electron chi connectivity index (χ2n) is 3.94. The first-order valence-corrected chi connectivity index (χ1v) is 6.82. The molecule has 1 rings (SSSR count). The second-order valence-corrected chi connectivity index (χ2v) is 5.42. The number of hydrogen-bond donors (Lipinski definition) is 2. The minimum absolute atomic E-state index is 0.122. The largest absolute Gasteiger partial charge is 0.433 e. The van der Waals surface area contributed by atoms with Crippen LogP contribution in [0.1, 0.15) is 12.6 Å². The van der Waals surface area contributed by atoms with Crippen LogP contribution in [0.2, 0.25) is 0 Å². The molecule has 0 aliphatic carbocycles. The summed E-state index contributed by atoms with van der Waals surface area (Å²) >= 11 is 0. The number of nitrogens with zero attached hydrogens (tertiary/aromatic N) is 1. The summed E-state index contributed by atoms with van der Waals surface area (Å²) in [5.74, 6) is 0.323. The van der Waals surface area contributed by atoms with Crippen LogP contribution in [0, 0.1) is 0 Å². The van der Waals surface area contributed by atoms with Crippen LogP contribution in [0.4, 0.5) is 24.5 Å². The molecule has 0 radical (unpaired) electrons. The van der Waals surface area contributed by atoms with E-state index in [0.717, 1.165) is 12.3 Å². The Kier molecular flexibility index (Phi) is 4.55. The molecular formula is C10H14F3N3OS. The molecule has 0 saturated carbocycles. The van der Waals surface area contributed by atoms with Crippen LogP contribution in [0.15, 0.2) is 12.3 Å². The summed E-state index contributed by atoms with van der Waals surface area (Å²) in [5, 5.41) is 2.80. The van der Waals surface area contributed by atoms with E-state index in [9.17, 15) is 17.4 Å². The number of nitrogens with two attached hydrogens (primary N) is 1. The normalized spacial score (nSPS) is 15.2. The number of nitrogen functional groups attached to an aromatic ring is 1. The molecule has 3 N–H and O–H groups in total. The molecule has 0 amide bonds. The van der Waals surface area contributed by atoms with Crippen LogP contribution in [-0.2, 0) is 17.0 Å². The van der Waals surface area contributed by atoms with Crippen molar-refractivity contribution in [2.45, 2.75) is 19.1 Å². The van der Waals surface area contributed by atoms with Crippen LogP contribution >= 0.6 is 0 Å². The van der Waals surface area contributed by atoms with Crippen molar-refractivity contribution in [3.8, 4) is 0 Å². The van der Waals surface area contributed by atoms with Crippen molar-refractivity contribution in [3.63, 3.8) is 0 Å². The lowest BCUT2D eigenvalue weighted by atomic mass is 10.2. The number of nitrogens with one attached hydrogen (secondary N) is 1. The fourth-order valence-electron chi connectivity index (χ4n) is 1.41. The van der Waals surface area contributed by atoms with E-state index in [0.29, 0.717) is 5.75 Å². The highest BCUT2D eigenvalue weighted by Crippen LogP contribution is 2.31. The van der Waals surface area contributed by atoms with E-state index in [2.05, 4.69) is 10.3 Å². The molecule has 0 aliphatic heterocycles.